The molecule has 102 valence electrons. The number of carbonyl (C=O) groups is 1. The van der Waals surface area contributed by atoms with Crippen molar-refractivity contribution in [3.05, 3.63) is 35.8 Å². The number of pyridine rings is 1. The van der Waals surface area contributed by atoms with Crippen LogP contribution in [-0.4, -0.2) is 45.0 Å². The molecule has 2 aromatic rings. The van der Waals surface area contributed by atoms with Crippen molar-refractivity contribution < 1.29 is 9.90 Å². The Morgan fingerprint density at radius 3 is 2.95 bits per heavy atom. The lowest BCUT2D eigenvalue weighted by Gasteiger charge is -2.17. The number of amides is 1. The van der Waals surface area contributed by atoms with Crippen LogP contribution in [0.15, 0.2) is 24.5 Å². The number of nitrogens with zero attached hydrogens (tertiary/aromatic N) is 3. The summed E-state index contributed by atoms with van der Waals surface area (Å²) in [4.78, 5) is 18.2. The highest BCUT2D eigenvalue weighted by molar-refractivity contribution is 5.93. The average molecular weight is 261 g/mol. The lowest BCUT2D eigenvalue weighted by molar-refractivity contribution is 0.0762. The number of fused-ring (bicyclic) bond motifs is 1. The van der Waals surface area contributed by atoms with E-state index in [1.807, 2.05) is 25.3 Å². The van der Waals surface area contributed by atoms with Crippen molar-refractivity contribution in [2.24, 2.45) is 0 Å². The average Bonchev–Trinajstić information content (AvgIpc) is 2.77. The molecule has 1 amide bonds. The van der Waals surface area contributed by atoms with Gasteiger partial charge in [0.25, 0.3) is 5.91 Å². The van der Waals surface area contributed by atoms with Gasteiger partial charge in [-0.25, -0.2) is 4.98 Å². The monoisotopic (exact) mass is 261 g/mol. The van der Waals surface area contributed by atoms with Gasteiger partial charge in [0, 0.05) is 19.8 Å². The molecule has 0 aromatic carbocycles. The molecule has 2 aromatic heterocycles. The van der Waals surface area contributed by atoms with E-state index in [1.165, 1.54) is 0 Å². The second-order valence-corrected chi connectivity index (χ2v) is 4.94. The van der Waals surface area contributed by atoms with Gasteiger partial charge in [-0.3, -0.25) is 9.20 Å². The number of aromatic nitrogens is 2. The zero-order chi connectivity index (χ0) is 14.0. The molecule has 0 saturated carbocycles. The van der Waals surface area contributed by atoms with Crippen molar-refractivity contribution in [3.63, 3.8) is 0 Å². The molecule has 0 fully saturated rings. The van der Waals surface area contributed by atoms with Gasteiger partial charge in [0.2, 0.25) is 0 Å². The highest BCUT2D eigenvalue weighted by Gasteiger charge is 2.16. The van der Waals surface area contributed by atoms with E-state index in [-0.39, 0.29) is 5.91 Å². The fraction of sp³-hybridized carbons (Fsp3) is 0.429. The van der Waals surface area contributed by atoms with Crippen LogP contribution in [0.2, 0.25) is 0 Å². The number of aliphatic hydroxyl groups excluding tert-OH is 1. The van der Waals surface area contributed by atoms with Crippen molar-refractivity contribution in [1.29, 1.82) is 0 Å². The number of aliphatic hydroxyl groups is 1. The maximum atomic E-state index is 12.3. The van der Waals surface area contributed by atoms with Crippen LogP contribution in [0.4, 0.5) is 0 Å². The molecule has 0 aliphatic rings. The SMILES string of the molecule is Cc1ccc2ncc(C(=O)N(C)CCC(C)O)n2c1. The molecule has 5 heteroatoms. The maximum Gasteiger partial charge on any atom is 0.272 e. The molecule has 0 aliphatic heterocycles. The first-order valence-electron chi connectivity index (χ1n) is 6.36. The van der Waals surface area contributed by atoms with Gasteiger partial charge in [-0.2, -0.15) is 0 Å². The van der Waals surface area contributed by atoms with Gasteiger partial charge in [-0.1, -0.05) is 6.07 Å². The molecule has 1 N–H and O–H groups in total. The quantitative estimate of drug-likeness (QED) is 0.907. The Hall–Kier alpha value is -1.88. The van der Waals surface area contributed by atoms with Gasteiger partial charge in [0.05, 0.1) is 12.3 Å². The predicted octanol–water partition coefficient (Wildman–Crippen LogP) is 1.49. The van der Waals surface area contributed by atoms with Crippen LogP contribution in [0.1, 0.15) is 29.4 Å². The van der Waals surface area contributed by atoms with E-state index in [0.29, 0.717) is 18.7 Å². The van der Waals surface area contributed by atoms with Gasteiger partial charge in [0.15, 0.2) is 0 Å². The molecule has 19 heavy (non-hydrogen) atoms. The fourth-order valence-electron chi connectivity index (χ4n) is 1.92. The number of rotatable bonds is 4. The molecule has 0 aliphatic carbocycles. The summed E-state index contributed by atoms with van der Waals surface area (Å²) in [5, 5.41) is 9.27. The lowest BCUT2D eigenvalue weighted by atomic mass is 10.2. The molecule has 2 rings (SSSR count). The van der Waals surface area contributed by atoms with Crippen molar-refractivity contribution in [2.75, 3.05) is 13.6 Å². The molecular formula is C14H19N3O2. The Bertz CT molecular complexity index is 589. The van der Waals surface area contributed by atoms with E-state index in [1.54, 1.807) is 29.5 Å². The molecule has 2 heterocycles. The maximum absolute atomic E-state index is 12.3. The Morgan fingerprint density at radius 1 is 1.53 bits per heavy atom. The number of aryl methyl sites for hydroxylation is 1. The van der Waals surface area contributed by atoms with Gasteiger partial charge in [-0.05, 0) is 31.9 Å². The molecule has 0 radical (unpaired) electrons. The van der Waals surface area contributed by atoms with Crippen LogP contribution in [-0.2, 0) is 0 Å². The van der Waals surface area contributed by atoms with Crippen molar-refractivity contribution in [3.8, 4) is 0 Å². The summed E-state index contributed by atoms with van der Waals surface area (Å²) in [5.74, 6) is -0.0845. The summed E-state index contributed by atoms with van der Waals surface area (Å²) in [6.07, 6.45) is 3.66. The minimum absolute atomic E-state index is 0.0845. The predicted molar refractivity (Wildman–Crippen MR) is 73.2 cm³/mol. The first-order valence-corrected chi connectivity index (χ1v) is 6.36. The summed E-state index contributed by atoms with van der Waals surface area (Å²) in [5.41, 5.74) is 2.39. The van der Waals surface area contributed by atoms with Gasteiger partial charge in [-0.15, -0.1) is 0 Å². The van der Waals surface area contributed by atoms with Gasteiger partial charge in [0.1, 0.15) is 11.3 Å². The summed E-state index contributed by atoms with van der Waals surface area (Å²) in [6.45, 7) is 4.22. The number of imidazole rings is 1. The largest absolute Gasteiger partial charge is 0.393 e. The standard InChI is InChI=1S/C14H19N3O2/c1-10-4-5-13-15-8-12(17(13)9-10)14(19)16(3)7-6-11(2)18/h4-5,8-9,11,18H,6-7H2,1-3H3. The topological polar surface area (TPSA) is 57.8 Å². The number of carbonyl (C=O) groups excluding carboxylic acids is 1. The van der Waals surface area contributed by atoms with Crippen LogP contribution in [0.3, 0.4) is 0 Å². The van der Waals surface area contributed by atoms with Gasteiger partial charge >= 0.3 is 0 Å². The smallest absolute Gasteiger partial charge is 0.272 e. The Labute approximate surface area is 112 Å². The van der Waals surface area contributed by atoms with Gasteiger partial charge < -0.3 is 10.0 Å². The third-order valence-electron chi connectivity index (χ3n) is 3.10. The van der Waals surface area contributed by atoms with Crippen LogP contribution >= 0.6 is 0 Å². The first kappa shape index (κ1) is 13.5. The van der Waals surface area contributed by atoms with E-state index in [2.05, 4.69) is 4.98 Å². The Kier molecular flexibility index (Phi) is 3.85. The molecule has 1 atom stereocenters. The fourth-order valence-corrected chi connectivity index (χ4v) is 1.92. The normalized spacial score (nSPS) is 12.6. The second-order valence-electron chi connectivity index (χ2n) is 4.94. The van der Waals surface area contributed by atoms with E-state index in [0.717, 1.165) is 11.2 Å². The molecule has 1 unspecified atom stereocenters. The highest BCUT2D eigenvalue weighted by Crippen LogP contribution is 2.11. The van der Waals surface area contributed by atoms with Crippen LogP contribution < -0.4 is 0 Å². The van der Waals surface area contributed by atoms with Crippen LogP contribution in [0.5, 0.6) is 0 Å². The van der Waals surface area contributed by atoms with Crippen LogP contribution in [0.25, 0.3) is 5.65 Å². The molecule has 0 saturated heterocycles. The summed E-state index contributed by atoms with van der Waals surface area (Å²) < 4.78 is 1.80. The summed E-state index contributed by atoms with van der Waals surface area (Å²) in [6, 6.07) is 3.86. The first-order chi connectivity index (χ1) is 8.99. The molecule has 5 nitrogen and oxygen atoms in total. The number of hydrogen-bond donors (Lipinski definition) is 1. The summed E-state index contributed by atoms with van der Waals surface area (Å²) in [7, 11) is 1.74. The minimum atomic E-state index is -0.403. The van der Waals surface area contributed by atoms with Crippen molar-refractivity contribution >= 4 is 11.6 Å². The third kappa shape index (κ3) is 2.93. The molecule has 0 spiro atoms. The zero-order valence-corrected chi connectivity index (χ0v) is 11.5. The lowest BCUT2D eigenvalue weighted by Crippen LogP contribution is -2.30. The van der Waals surface area contributed by atoms with E-state index < -0.39 is 6.10 Å². The van der Waals surface area contributed by atoms with E-state index in [4.69, 9.17) is 0 Å². The third-order valence-corrected chi connectivity index (χ3v) is 3.10. The Morgan fingerprint density at radius 2 is 2.26 bits per heavy atom. The van der Waals surface area contributed by atoms with Crippen molar-refractivity contribution in [2.45, 2.75) is 26.4 Å². The second kappa shape index (κ2) is 5.40. The molecule has 0 bridgehead atoms. The van der Waals surface area contributed by atoms with Crippen LogP contribution in [0, 0.1) is 6.92 Å². The highest BCUT2D eigenvalue weighted by atomic mass is 16.3. The van der Waals surface area contributed by atoms with E-state index in [9.17, 15) is 9.90 Å². The van der Waals surface area contributed by atoms with E-state index >= 15 is 0 Å². The van der Waals surface area contributed by atoms with Crippen molar-refractivity contribution in [1.82, 2.24) is 14.3 Å². The zero-order valence-electron chi connectivity index (χ0n) is 11.5. The summed E-state index contributed by atoms with van der Waals surface area (Å²) >= 11 is 0. The minimum Gasteiger partial charge on any atom is -0.393 e. The molecular weight excluding hydrogens is 242 g/mol. The number of hydrogen-bond acceptors (Lipinski definition) is 3. The Balaban J connectivity index is 2.23.